The molecule has 2 aromatic carbocycles. The molecule has 2 saturated heterocycles. The fraction of sp³-hybridized carbons (Fsp3) is 0.375. The molecule has 11 heteroatoms. The number of carbonyl (C=O) groups excluding carboxylic acids is 1. The van der Waals surface area contributed by atoms with Gasteiger partial charge in [0.1, 0.15) is 17.1 Å². The summed E-state index contributed by atoms with van der Waals surface area (Å²) in [4.78, 5) is 23.3. The van der Waals surface area contributed by atoms with Crippen LogP contribution in [0.25, 0.3) is 22.4 Å². The summed E-state index contributed by atoms with van der Waals surface area (Å²) in [6, 6.07) is 13.9. The number of piperazine rings is 1. The smallest absolute Gasteiger partial charge is 0.414 e. The molecule has 180 valence electrons. The standard InChI is InChI=1S/C24H25N7O3S/c1-16-25-23(26-34-16)18-3-5-19(6-4-18)31-15-20(33-24(31)32)14-30-10-8-29(9-11-30)13-17-2-7-21-22(12-17)28-35-27-21/h2-7,12,20H,8-11,13-15H2,1H3. The minimum atomic E-state index is -0.302. The van der Waals surface area contributed by atoms with Crippen LogP contribution in [-0.4, -0.2) is 80.2 Å². The number of amides is 1. The van der Waals surface area contributed by atoms with Gasteiger partial charge in [-0.1, -0.05) is 11.2 Å². The molecule has 0 aliphatic carbocycles. The van der Waals surface area contributed by atoms with Crippen molar-refractivity contribution < 1.29 is 14.1 Å². The second kappa shape index (κ2) is 9.33. The first-order valence-electron chi connectivity index (χ1n) is 11.7. The van der Waals surface area contributed by atoms with Gasteiger partial charge in [-0.05, 0) is 42.0 Å². The van der Waals surface area contributed by atoms with Gasteiger partial charge in [0.25, 0.3) is 0 Å². The van der Waals surface area contributed by atoms with Gasteiger partial charge < -0.3 is 9.26 Å². The Morgan fingerprint density at radius 3 is 2.54 bits per heavy atom. The zero-order valence-corrected chi connectivity index (χ0v) is 20.1. The van der Waals surface area contributed by atoms with Gasteiger partial charge in [0.05, 0.1) is 18.3 Å². The molecular weight excluding hydrogens is 466 g/mol. The van der Waals surface area contributed by atoms with Gasteiger partial charge in [-0.3, -0.25) is 14.7 Å². The first-order chi connectivity index (χ1) is 17.1. The van der Waals surface area contributed by atoms with Gasteiger partial charge in [0.15, 0.2) is 0 Å². The van der Waals surface area contributed by atoms with E-state index in [-0.39, 0.29) is 12.2 Å². The summed E-state index contributed by atoms with van der Waals surface area (Å²) in [5, 5.41) is 3.94. The van der Waals surface area contributed by atoms with E-state index in [2.05, 4.69) is 40.8 Å². The first-order valence-corrected chi connectivity index (χ1v) is 12.4. The number of cyclic esters (lactones) is 1. The number of nitrogens with zero attached hydrogens (tertiary/aromatic N) is 7. The van der Waals surface area contributed by atoms with Crippen LogP contribution in [0.1, 0.15) is 11.5 Å². The summed E-state index contributed by atoms with van der Waals surface area (Å²) in [7, 11) is 0. The lowest BCUT2D eigenvalue weighted by atomic mass is 10.1. The van der Waals surface area contributed by atoms with Crippen molar-refractivity contribution >= 4 is 34.5 Å². The van der Waals surface area contributed by atoms with Crippen molar-refractivity contribution in [3.63, 3.8) is 0 Å². The van der Waals surface area contributed by atoms with Crippen LogP contribution in [0.2, 0.25) is 0 Å². The van der Waals surface area contributed by atoms with Gasteiger partial charge in [0, 0.05) is 57.4 Å². The lowest BCUT2D eigenvalue weighted by Crippen LogP contribution is -2.48. The van der Waals surface area contributed by atoms with Crippen molar-refractivity contribution in [3.8, 4) is 11.4 Å². The number of aromatic nitrogens is 4. The van der Waals surface area contributed by atoms with Crippen LogP contribution >= 0.6 is 11.7 Å². The second-order valence-electron chi connectivity index (χ2n) is 8.96. The fourth-order valence-electron chi connectivity index (χ4n) is 4.64. The topological polar surface area (TPSA) is 101 Å². The number of rotatable bonds is 6. The monoisotopic (exact) mass is 491 g/mol. The molecule has 10 nitrogen and oxygen atoms in total. The quantitative estimate of drug-likeness (QED) is 0.402. The minimum absolute atomic E-state index is 0.145. The Kier molecular flexibility index (Phi) is 5.88. The van der Waals surface area contributed by atoms with E-state index < -0.39 is 0 Å². The maximum atomic E-state index is 12.5. The van der Waals surface area contributed by atoms with E-state index in [1.54, 1.807) is 11.8 Å². The largest absolute Gasteiger partial charge is 0.443 e. The molecular formula is C24H25N7O3S. The van der Waals surface area contributed by atoms with Gasteiger partial charge >= 0.3 is 6.09 Å². The van der Waals surface area contributed by atoms with Gasteiger partial charge in [-0.2, -0.15) is 13.7 Å². The number of hydrogen-bond acceptors (Lipinski definition) is 10. The van der Waals surface area contributed by atoms with E-state index in [0.29, 0.717) is 18.3 Å². The molecule has 2 aliphatic heterocycles. The van der Waals surface area contributed by atoms with E-state index >= 15 is 0 Å². The summed E-state index contributed by atoms with van der Waals surface area (Å²) >= 11 is 1.25. The van der Waals surface area contributed by atoms with E-state index in [4.69, 9.17) is 9.26 Å². The molecule has 4 heterocycles. The van der Waals surface area contributed by atoms with E-state index in [1.165, 1.54) is 17.3 Å². The molecule has 6 rings (SSSR count). The zero-order chi connectivity index (χ0) is 23.8. The Hall–Kier alpha value is -3.41. The Morgan fingerprint density at radius 2 is 1.77 bits per heavy atom. The second-order valence-corrected chi connectivity index (χ2v) is 9.49. The molecule has 0 saturated carbocycles. The normalized spacial score (nSPS) is 19.5. The van der Waals surface area contributed by atoms with Crippen LogP contribution in [0.5, 0.6) is 0 Å². The molecule has 2 aliphatic rings. The molecule has 0 bridgehead atoms. The number of benzene rings is 2. The number of anilines is 1. The highest BCUT2D eigenvalue weighted by atomic mass is 32.1. The molecule has 2 aromatic heterocycles. The van der Waals surface area contributed by atoms with Crippen molar-refractivity contribution in [2.24, 2.45) is 0 Å². The van der Waals surface area contributed by atoms with Crippen LogP contribution in [0, 0.1) is 6.92 Å². The Bertz CT molecular complexity index is 1330. The minimum Gasteiger partial charge on any atom is -0.443 e. The van der Waals surface area contributed by atoms with E-state index in [1.807, 2.05) is 30.3 Å². The lowest BCUT2D eigenvalue weighted by Gasteiger charge is -2.35. The van der Waals surface area contributed by atoms with Crippen LogP contribution in [0.15, 0.2) is 47.0 Å². The summed E-state index contributed by atoms with van der Waals surface area (Å²) < 4.78 is 19.3. The van der Waals surface area contributed by atoms with Gasteiger partial charge in [0.2, 0.25) is 11.7 Å². The van der Waals surface area contributed by atoms with Crippen LogP contribution in [0.4, 0.5) is 10.5 Å². The molecule has 1 amide bonds. The van der Waals surface area contributed by atoms with E-state index in [9.17, 15) is 4.79 Å². The third kappa shape index (κ3) is 4.75. The maximum Gasteiger partial charge on any atom is 0.414 e. The SMILES string of the molecule is Cc1nc(-c2ccc(N3CC(CN4CCN(Cc5ccc6nsnc6c5)CC4)OC3=O)cc2)no1. The molecule has 1 atom stereocenters. The molecule has 0 N–H and O–H groups in total. The van der Waals surface area contributed by atoms with E-state index in [0.717, 1.165) is 61.6 Å². The summed E-state index contributed by atoms with van der Waals surface area (Å²) in [6.45, 7) is 7.82. The third-order valence-corrected chi connectivity index (χ3v) is 7.05. The predicted molar refractivity (Wildman–Crippen MR) is 131 cm³/mol. The third-order valence-electron chi connectivity index (χ3n) is 6.49. The van der Waals surface area contributed by atoms with Crippen molar-refractivity contribution in [3.05, 3.63) is 53.9 Å². The van der Waals surface area contributed by atoms with Crippen molar-refractivity contribution in [2.75, 3.05) is 44.2 Å². The molecule has 0 spiro atoms. The molecule has 0 radical (unpaired) electrons. The van der Waals surface area contributed by atoms with Crippen LogP contribution in [-0.2, 0) is 11.3 Å². The predicted octanol–water partition coefficient (Wildman–Crippen LogP) is 3.19. The highest BCUT2D eigenvalue weighted by Gasteiger charge is 2.34. The number of fused-ring (bicyclic) bond motifs is 1. The fourth-order valence-corrected chi connectivity index (χ4v) is 5.15. The summed E-state index contributed by atoms with van der Waals surface area (Å²) in [6.07, 6.45) is -0.447. The number of hydrogen-bond donors (Lipinski definition) is 0. The highest BCUT2D eigenvalue weighted by Crippen LogP contribution is 2.25. The summed E-state index contributed by atoms with van der Waals surface area (Å²) in [5.74, 6) is 1.06. The van der Waals surface area contributed by atoms with Gasteiger partial charge in [-0.25, -0.2) is 4.79 Å². The molecule has 2 fully saturated rings. The van der Waals surface area contributed by atoms with Crippen LogP contribution < -0.4 is 4.90 Å². The van der Waals surface area contributed by atoms with Crippen molar-refractivity contribution in [1.82, 2.24) is 28.7 Å². The molecule has 4 aromatic rings. The summed E-state index contributed by atoms with van der Waals surface area (Å²) in [5.41, 5.74) is 4.84. The highest BCUT2D eigenvalue weighted by molar-refractivity contribution is 7.00. The Balaban J connectivity index is 1.01. The molecule has 1 unspecified atom stereocenters. The average Bonchev–Trinajstić information content (AvgIpc) is 3.60. The van der Waals surface area contributed by atoms with Crippen molar-refractivity contribution in [1.29, 1.82) is 0 Å². The van der Waals surface area contributed by atoms with Gasteiger partial charge in [-0.15, -0.1) is 0 Å². The molecule has 35 heavy (non-hydrogen) atoms. The maximum absolute atomic E-state index is 12.5. The first kappa shape index (κ1) is 22.1. The Labute approximate surface area is 206 Å². The van der Waals surface area contributed by atoms with Crippen molar-refractivity contribution in [2.45, 2.75) is 19.6 Å². The number of ether oxygens (including phenoxy) is 1. The number of carbonyl (C=O) groups is 1. The average molecular weight is 492 g/mol. The number of aryl methyl sites for hydroxylation is 1. The lowest BCUT2D eigenvalue weighted by molar-refractivity contribution is 0.0747. The van der Waals surface area contributed by atoms with Crippen LogP contribution in [0.3, 0.4) is 0 Å². The zero-order valence-electron chi connectivity index (χ0n) is 19.3. The Morgan fingerprint density at radius 1 is 1.00 bits per heavy atom.